The number of amides is 1. The van der Waals surface area contributed by atoms with Gasteiger partial charge < -0.3 is 24.5 Å². The maximum Gasteiger partial charge on any atom is 0.410 e. The van der Waals surface area contributed by atoms with E-state index in [0.717, 1.165) is 58.2 Å². The van der Waals surface area contributed by atoms with Crippen LogP contribution in [-0.2, 0) is 4.74 Å². The molecule has 6 nitrogen and oxygen atoms in total. The van der Waals surface area contributed by atoms with Crippen LogP contribution in [0.5, 0.6) is 0 Å². The number of hydrogen-bond donors (Lipinski definition) is 1. The van der Waals surface area contributed by atoms with Gasteiger partial charge >= 0.3 is 6.09 Å². The average molecular weight is 370 g/mol. The van der Waals surface area contributed by atoms with E-state index in [2.05, 4.69) is 16.8 Å². The SMILES string of the molecule is CC(O)CN1CCC(CN(C)CC2CCN(C(=O)OC(C)(C)C)C2)CC1. The van der Waals surface area contributed by atoms with Crippen molar-refractivity contribution in [1.29, 1.82) is 0 Å². The lowest BCUT2D eigenvalue weighted by molar-refractivity contribution is 0.0285. The molecule has 1 N–H and O–H groups in total. The average Bonchev–Trinajstić information content (AvgIpc) is 2.95. The molecular formula is C20H39N3O3. The summed E-state index contributed by atoms with van der Waals surface area (Å²) in [6, 6.07) is 0. The molecule has 0 aromatic carbocycles. The first kappa shape index (κ1) is 21.5. The molecule has 2 fully saturated rings. The van der Waals surface area contributed by atoms with Gasteiger partial charge in [-0.25, -0.2) is 4.79 Å². The van der Waals surface area contributed by atoms with Crippen LogP contribution in [0.1, 0.15) is 47.0 Å². The second-order valence-electron chi connectivity index (χ2n) is 9.40. The number of likely N-dealkylation sites (tertiary alicyclic amines) is 2. The molecule has 2 aliphatic heterocycles. The Labute approximate surface area is 159 Å². The van der Waals surface area contributed by atoms with Gasteiger partial charge in [0.15, 0.2) is 0 Å². The third-order valence-corrected chi connectivity index (χ3v) is 5.31. The fourth-order valence-electron chi connectivity index (χ4n) is 4.16. The summed E-state index contributed by atoms with van der Waals surface area (Å²) in [6.07, 6.45) is 3.09. The molecule has 2 saturated heterocycles. The van der Waals surface area contributed by atoms with Gasteiger partial charge in [-0.3, -0.25) is 0 Å². The molecule has 6 heteroatoms. The fourth-order valence-corrected chi connectivity index (χ4v) is 4.16. The Balaban J connectivity index is 1.66. The molecule has 2 heterocycles. The number of ether oxygens (including phenoxy) is 1. The number of nitrogens with zero attached hydrogens (tertiary/aromatic N) is 3. The molecule has 26 heavy (non-hydrogen) atoms. The second kappa shape index (κ2) is 9.38. The van der Waals surface area contributed by atoms with E-state index in [0.29, 0.717) is 5.92 Å². The van der Waals surface area contributed by atoms with Gasteiger partial charge in [0.25, 0.3) is 0 Å². The quantitative estimate of drug-likeness (QED) is 0.778. The van der Waals surface area contributed by atoms with E-state index in [4.69, 9.17) is 4.74 Å². The minimum absolute atomic E-state index is 0.173. The number of hydrogen-bond acceptors (Lipinski definition) is 5. The first-order chi connectivity index (χ1) is 12.1. The van der Waals surface area contributed by atoms with E-state index in [-0.39, 0.29) is 12.2 Å². The smallest absolute Gasteiger partial charge is 0.410 e. The third-order valence-electron chi connectivity index (χ3n) is 5.31. The minimum Gasteiger partial charge on any atom is -0.444 e. The standard InChI is InChI=1S/C20H39N3O3/c1-16(24)12-22-9-6-17(7-10-22)13-21(5)14-18-8-11-23(15-18)19(25)26-20(2,3)4/h16-18,24H,6-15H2,1-5H3. The number of aliphatic hydroxyl groups is 1. The summed E-state index contributed by atoms with van der Waals surface area (Å²) in [5, 5.41) is 9.51. The van der Waals surface area contributed by atoms with Gasteiger partial charge in [0.2, 0.25) is 0 Å². The summed E-state index contributed by atoms with van der Waals surface area (Å²) in [7, 11) is 2.21. The Morgan fingerprint density at radius 1 is 1.15 bits per heavy atom. The number of carbonyl (C=O) groups excluding carboxylic acids is 1. The summed E-state index contributed by atoms with van der Waals surface area (Å²) in [4.78, 5) is 18.9. The Bertz CT molecular complexity index is 442. The molecule has 2 rings (SSSR count). The van der Waals surface area contributed by atoms with E-state index in [1.807, 2.05) is 32.6 Å². The Hall–Kier alpha value is -0.850. The molecule has 0 bridgehead atoms. The lowest BCUT2D eigenvalue weighted by Crippen LogP contribution is -2.41. The molecule has 2 aliphatic rings. The fraction of sp³-hybridized carbons (Fsp3) is 0.950. The molecule has 0 aromatic heterocycles. The predicted molar refractivity (Wildman–Crippen MR) is 104 cm³/mol. The molecule has 152 valence electrons. The van der Waals surface area contributed by atoms with Gasteiger partial charge in [-0.1, -0.05) is 0 Å². The van der Waals surface area contributed by atoms with Crippen LogP contribution in [0.2, 0.25) is 0 Å². The van der Waals surface area contributed by atoms with E-state index in [1.165, 1.54) is 12.8 Å². The van der Waals surface area contributed by atoms with Crippen molar-refractivity contribution in [3.05, 3.63) is 0 Å². The molecular weight excluding hydrogens is 330 g/mol. The van der Waals surface area contributed by atoms with Crippen LogP contribution < -0.4 is 0 Å². The van der Waals surface area contributed by atoms with Crippen LogP contribution in [0, 0.1) is 11.8 Å². The lowest BCUT2D eigenvalue weighted by atomic mass is 9.95. The van der Waals surface area contributed by atoms with Crippen LogP contribution >= 0.6 is 0 Å². The predicted octanol–water partition coefficient (Wildman–Crippen LogP) is 2.27. The van der Waals surface area contributed by atoms with Crippen LogP contribution in [0.25, 0.3) is 0 Å². The van der Waals surface area contributed by atoms with Crippen molar-refractivity contribution < 1.29 is 14.6 Å². The van der Waals surface area contributed by atoms with Crippen molar-refractivity contribution in [3.63, 3.8) is 0 Å². The van der Waals surface area contributed by atoms with Crippen LogP contribution in [0.15, 0.2) is 0 Å². The van der Waals surface area contributed by atoms with Crippen molar-refractivity contribution in [2.24, 2.45) is 11.8 Å². The molecule has 0 aliphatic carbocycles. The van der Waals surface area contributed by atoms with Crippen LogP contribution in [0.4, 0.5) is 4.79 Å². The Kier molecular flexibility index (Phi) is 7.74. The zero-order chi connectivity index (χ0) is 19.3. The van der Waals surface area contributed by atoms with Crippen molar-refractivity contribution in [3.8, 4) is 0 Å². The molecule has 2 unspecified atom stereocenters. The summed E-state index contributed by atoms with van der Waals surface area (Å²) in [5.41, 5.74) is -0.422. The highest BCUT2D eigenvalue weighted by molar-refractivity contribution is 5.68. The highest BCUT2D eigenvalue weighted by Crippen LogP contribution is 2.22. The van der Waals surface area contributed by atoms with Crippen molar-refractivity contribution in [2.45, 2.75) is 58.7 Å². The van der Waals surface area contributed by atoms with Crippen LogP contribution in [-0.4, -0.2) is 90.5 Å². The molecule has 0 saturated carbocycles. The van der Waals surface area contributed by atoms with Crippen molar-refractivity contribution >= 4 is 6.09 Å². The van der Waals surface area contributed by atoms with Gasteiger partial charge in [-0.05, 0) is 78.9 Å². The van der Waals surface area contributed by atoms with Crippen molar-refractivity contribution in [1.82, 2.24) is 14.7 Å². The number of carbonyl (C=O) groups is 1. The first-order valence-electron chi connectivity index (χ1n) is 10.2. The molecule has 2 atom stereocenters. The lowest BCUT2D eigenvalue weighted by Gasteiger charge is -2.34. The minimum atomic E-state index is -0.422. The monoisotopic (exact) mass is 369 g/mol. The molecule has 0 spiro atoms. The van der Waals surface area contributed by atoms with E-state index >= 15 is 0 Å². The van der Waals surface area contributed by atoms with Crippen molar-refractivity contribution in [2.75, 3.05) is 52.9 Å². The topological polar surface area (TPSA) is 56.2 Å². The number of β-amino-alcohol motifs (C(OH)–C–C–N with tert-alkyl or cyclic N) is 1. The molecule has 0 aromatic rings. The van der Waals surface area contributed by atoms with E-state index in [9.17, 15) is 9.90 Å². The first-order valence-corrected chi connectivity index (χ1v) is 10.2. The van der Waals surface area contributed by atoms with Gasteiger partial charge in [0.05, 0.1) is 6.10 Å². The highest BCUT2D eigenvalue weighted by Gasteiger charge is 2.30. The van der Waals surface area contributed by atoms with Gasteiger partial charge in [0, 0.05) is 32.7 Å². The number of rotatable bonds is 6. The zero-order valence-corrected chi connectivity index (χ0v) is 17.4. The summed E-state index contributed by atoms with van der Waals surface area (Å²) in [5.74, 6) is 1.29. The van der Waals surface area contributed by atoms with Gasteiger partial charge in [0.1, 0.15) is 5.60 Å². The number of aliphatic hydroxyl groups excluding tert-OH is 1. The zero-order valence-electron chi connectivity index (χ0n) is 17.4. The Morgan fingerprint density at radius 2 is 1.73 bits per heavy atom. The van der Waals surface area contributed by atoms with E-state index in [1.54, 1.807) is 0 Å². The highest BCUT2D eigenvalue weighted by atomic mass is 16.6. The second-order valence-corrected chi connectivity index (χ2v) is 9.40. The Morgan fingerprint density at radius 3 is 2.31 bits per heavy atom. The summed E-state index contributed by atoms with van der Waals surface area (Å²) >= 11 is 0. The summed E-state index contributed by atoms with van der Waals surface area (Å²) in [6.45, 7) is 14.4. The maximum absolute atomic E-state index is 12.2. The van der Waals surface area contributed by atoms with Gasteiger partial charge in [-0.2, -0.15) is 0 Å². The maximum atomic E-state index is 12.2. The largest absolute Gasteiger partial charge is 0.444 e. The third kappa shape index (κ3) is 7.41. The molecule has 0 radical (unpaired) electrons. The molecule has 1 amide bonds. The summed E-state index contributed by atoms with van der Waals surface area (Å²) < 4.78 is 5.48. The van der Waals surface area contributed by atoms with E-state index < -0.39 is 5.60 Å². The van der Waals surface area contributed by atoms with Gasteiger partial charge in [-0.15, -0.1) is 0 Å². The number of piperidine rings is 1. The normalized spacial score (nSPS) is 24.3. The van der Waals surface area contributed by atoms with Crippen LogP contribution in [0.3, 0.4) is 0 Å².